The molecule has 2 amide bonds. The molecule has 0 bridgehead atoms. The number of sulfone groups is 1. The van der Waals surface area contributed by atoms with Crippen molar-refractivity contribution in [2.45, 2.75) is 43.7 Å². The minimum Gasteiger partial charge on any atom is -0.420 e. The molecule has 1 aliphatic heterocycles. The summed E-state index contributed by atoms with van der Waals surface area (Å²) in [6, 6.07) is 7.29. The Labute approximate surface area is 224 Å². The van der Waals surface area contributed by atoms with Crippen molar-refractivity contribution >= 4 is 38.9 Å². The molecule has 13 heteroatoms. The minimum absolute atomic E-state index is 0.0674. The van der Waals surface area contributed by atoms with Crippen LogP contribution in [0.3, 0.4) is 0 Å². The Balaban J connectivity index is 1.88. The van der Waals surface area contributed by atoms with Crippen LogP contribution in [0.15, 0.2) is 45.7 Å². The van der Waals surface area contributed by atoms with Crippen LogP contribution in [0.25, 0.3) is 11.5 Å². The fourth-order valence-corrected chi connectivity index (χ4v) is 5.68. The third kappa shape index (κ3) is 5.71. The molecule has 2 aromatic carbocycles. The van der Waals surface area contributed by atoms with Crippen molar-refractivity contribution in [1.29, 1.82) is 0 Å². The van der Waals surface area contributed by atoms with Crippen molar-refractivity contribution in [2.75, 3.05) is 24.2 Å². The van der Waals surface area contributed by atoms with Crippen LogP contribution in [0.5, 0.6) is 0 Å². The molecule has 4 rings (SSSR count). The van der Waals surface area contributed by atoms with E-state index in [0.29, 0.717) is 10.6 Å². The second kappa shape index (κ2) is 10.4. The zero-order chi connectivity index (χ0) is 27.8. The largest absolute Gasteiger partial charge is 0.420 e. The van der Waals surface area contributed by atoms with Crippen molar-refractivity contribution < 1.29 is 26.8 Å². The van der Waals surface area contributed by atoms with E-state index in [0.717, 1.165) is 6.07 Å². The number of likely N-dealkylation sites (N-methyl/N-ethyl adjacent to an activating group) is 1. The number of amides is 2. The number of nitrogens with one attached hydrogen (secondary N) is 2. The number of benzene rings is 2. The van der Waals surface area contributed by atoms with Gasteiger partial charge in [0, 0.05) is 10.4 Å². The number of aromatic nitrogens is 2. The maximum Gasteiger partial charge on any atom is 0.250 e. The van der Waals surface area contributed by atoms with E-state index in [9.17, 15) is 18.0 Å². The molecule has 2 heterocycles. The predicted octanol–water partition coefficient (Wildman–Crippen LogP) is 2.85. The first-order valence-corrected chi connectivity index (χ1v) is 13.7. The SMILES string of the molecule is CNCC(=O)N[C@H]1CS(=O)(=O)c2cc(F)c(-c3nnc(C(C)(C)C)o3)cc2N(Cc2ccc(Cl)cc2)C1=O. The van der Waals surface area contributed by atoms with Crippen molar-refractivity contribution in [2.24, 2.45) is 0 Å². The molecule has 0 saturated heterocycles. The Morgan fingerprint density at radius 1 is 1.21 bits per heavy atom. The summed E-state index contributed by atoms with van der Waals surface area (Å²) in [6.45, 7) is 5.34. The van der Waals surface area contributed by atoms with E-state index in [1.54, 1.807) is 31.3 Å². The van der Waals surface area contributed by atoms with Crippen molar-refractivity contribution in [3.8, 4) is 11.5 Å². The normalized spacial score (nSPS) is 17.2. The van der Waals surface area contributed by atoms with Crippen LogP contribution in [-0.4, -0.2) is 55.8 Å². The van der Waals surface area contributed by atoms with Gasteiger partial charge in [-0.15, -0.1) is 10.2 Å². The molecule has 1 atom stereocenters. The first-order chi connectivity index (χ1) is 17.8. The Morgan fingerprint density at radius 3 is 2.50 bits per heavy atom. The number of carbonyl (C=O) groups is 2. The third-order valence-electron chi connectivity index (χ3n) is 5.85. The van der Waals surface area contributed by atoms with Gasteiger partial charge in [0.1, 0.15) is 11.9 Å². The number of hydrogen-bond donors (Lipinski definition) is 2. The molecule has 0 saturated carbocycles. The number of nitrogens with zero attached hydrogens (tertiary/aromatic N) is 3. The molecule has 3 aromatic rings. The fraction of sp³-hybridized carbons (Fsp3) is 0.360. The van der Waals surface area contributed by atoms with Crippen LogP contribution >= 0.6 is 11.6 Å². The summed E-state index contributed by atoms with van der Waals surface area (Å²) in [5.41, 5.74) is -0.103. The summed E-state index contributed by atoms with van der Waals surface area (Å²) in [7, 11) is -2.68. The maximum absolute atomic E-state index is 15.4. The lowest BCUT2D eigenvalue weighted by atomic mass is 9.97. The van der Waals surface area contributed by atoms with Gasteiger partial charge in [-0.1, -0.05) is 44.5 Å². The van der Waals surface area contributed by atoms with Crippen LogP contribution in [0.1, 0.15) is 32.2 Å². The lowest BCUT2D eigenvalue weighted by Crippen LogP contribution is -2.51. The molecule has 0 radical (unpaired) electrons. The molecule has 38 heavy (non-hydrogen) atoms. The van der Waals surface area contributed by atoms with Gasteiger partial charge < -0.3 is 20.0 Å². The first kappa shape index (κ1) is 27.7. The van der Waals surface area contributed by atoms with Gasteiger partial charge >= 0.3 is 0 Å². The standard InChI is InChI=1S/C25H27ClFN5O5S/c1-25(2,3)24-31-30-22(37-24)16-9-19-20(10-17(16)27)38(35,36)13-18(29-21(33)11-28-4)23(34)32(19)12-14-5-7-15(26)8-6-14/h5-10,18,28H,11-13H2,1-4H3,(H,29,33)/t18-/m0/s1. The molecule has 2 N–H and O–H groups in total. The van der Waals surface area contributed by atoms with Crippen LogP contribution in [-0.2, 0) is 31.4 Å². The molecule has 0 unspecified atom stereocenters. The van der Waals surface area contributed by atoms with Gasteiger partial charge in [-0.05, 0) is 36.9 Å². The van der Waals surface area contributed by atoms with Crippen LogP contribution in [0.2, 0.25) is 5.02 Å². The molecular formula is C25H27ClFN5O5S. The van der Waals surface area contributed by atoms with Crippen LogP contribution in [0, 0.1) is 5.82 Å². The smallest absolute Gasteiger partial charge is 0.250 e. The highest BCUT2D eigenvalue weighted by atomic mass is 35.5. The average Bonchev–Trinajstić information content (AvgIpc) is 3.31. The van der Waals surface area contributed by atoms with Gasteiger partial charge in [0.05, 0.1) is 35.0 Å². The number of carbonyl (C=O) groups excluding carboxylic acids is 2. The second-order valence-electron chi connectivity index (χ2n) is 9.94. The Hall–Kier alpha value is -3.35. The van der Waals surface area contributed by atoms with Crippen LogP contribution < -0.4 is 15.5 Å². The van der Waals surface area contributed by atoms with E-state index in [4.69, 9.17) is 16.0 Å². The van der Waals surface area contributed by atoms with E-state index < -0.39 is 44.7 Å². The number of halogens is 2. The molecule has 1 aliphatic rings. The molecule has 0 aliphatic carbocycles. The van der Waals surface area contributed by atoms with E-state index in [2.05, 4.69) is 20.8 Å². The summed E-state index contributed by atoms with van der Waals surface area (Å²) in [4.78, 5) is 26.8. The quantitative estimate of drug-likeness (QED) is 0.467. The Kier molecular flexibility index (Phi) is 7.60. The average molecular weight is 564 g/mol. The highest BCUT2D eigenvalue weighted by molar-refractivity contribution is 7.91. The molecule has 1 aromatic heterocycles. The highest BCUT2D eigenvalue weighted by Gasteiger charge is 2.40. The topological polar surface area (TPSA) is 134 Å². The van der Waals surface area contributed by atoms with Crippen LogP contribution in [0.4, 0.5) is 10.1 Å². The number of hydrogen-bond acceptors (Lipinski definition) is 8. The van der Waals surface area contributed by atoms with Gasteiger partial charge in [-0.2, -0.15) is 0 Å². The summed E-state index contributed by atoms with van der Waals surface area (Å²) in [5.74, 6) is -2.78. The summed E-state index contributed by atoms with van der Waals surface area (Å²) in [6.07, 6.45) is 0. The number of fused-ring (bicyclic) bond motifs is 1. The zero-order valence-electron chi connectivity index (χ0n) is 21.2. The Morgan fingerprint density at radius 2 is 1.89 bits per heavy atom. The summed E-state index contributed by atoms with van der Waals surface area (Å²) < 4.78 is 47.8. The van der Waals surface area contributed by atoms with E-state index in [1.807, 2.05) is 20.8 Å². The van der Waals surface area contributed by atoms with Gasteiger partial charge in [-0.25, -0.2) is 12.8 Å². The number of anilines is 1. The van der Waals surface area contributed by atoms with Gasteiger partial charge in [0.15, 0.2) is 9.84 Å². The highest BCUT2D eigenvalue weighted by Crippen LogP contribution is 2.37. The Bertz CT molecular complexity index is 1480. The minimum atomic E-state index is -4.22. The molecule has 10 nitrogen and oxygen atoms in total. The molecule has 0 fully saturated rings. The van der Waals surface area contributed by atoms with E-state index in [1.165, 1.54) is 11.0 Å². The first-order valence-electron chi connectivity index (χ1n) is 11.7. The lowest BCUT2D eigenvalue weighted by Gasteiger charge is -2.26. The van der Waals surface area contributed by atoms with Crippen molar-refractivity contribution in [3.05, 3.63) is 58.7 Å². The van der Waals surface area contributed by atoms with Crippen molar-refractivity contribution in [1.82, 2.24) is 20.8 Å². The summed E-state index contributed by atoms with van der Waals surface area (Å²) >= 11 is 6.00. The fourth-order valence-electron chi connectivity index (χ4n) is 3.93. The van der Waals surface area contributed by atoms with Gasteiger partial charge in [-0.3, -0.25) is 9.59 Å². The van der Waals surface area contributed by atoms with Crippen molar-refractivity contribution in [3.63, 3.8) is 0 Å². The maximum atomic E-state index is 15.4. The van der Waals surface area contributed by atoms with E-state index in [-0.39, 0.29) is 41.0 Å². The lowest BCUT2D eigenvalue weighted by molar-refractivity contribution is -0.126. The zero-order valence-corrected chi connectivity index (χ0v) is 22.8. The third-order valence-corrected chi connectivity index (χ3v) is 7.87. The molecule has 0 spiro atoms. The molecular weight excluding hydrogens is 537 g/mol. The molecule has 202 valence electrons. The van der Waals surface area contributed by atoms with Gasteiger partial charge in [0.25, 0.3) is 11.8 Å². The predicted molar refractivity (Wildman–Crippen MR) is 139 cm³/mol. The monoisotopic (exact) mass is 563 g/mol. The van der Waals surface area contributed by atoms with E-state index >= 15 is 4.39 Å². The number of rotatable bonds is 6. The summed E-state index contributed by atoms with van der Waals surface area (Å²) in [5, 5.41) is 13.5. The second-order valence-corrected chi connectivity index (χ2v) is 12.4. The van der Waals surface area contributed by atoms with Gasteiger partial charge in [0.2, 0.25) is 11.8 Å².